The van der Waals surface area contributed by atoms with Crippen LogP contribution in [-0.4, -0.2) is 19.0 Å². The number of carbonyl (C=O) groups is 2. The van der Waals surface area contributed by atoms with Crippen LogP contribution >= 0.6 is 11.3 Å². The summed E-state index contributed by atoms with van der Waals surface area (Å²) in [6, 6.07) is 6.31. The van der Waals surface area contributed by atoms with Gasteiger partial charge in [-0.3, -0.25) is 4.79 Å². The number of hydrogen-bond acceptors (Lipinski definition) is 6. The fourth-order valence-electron chi connectivity index (χ4n) is 2.12. The zero-order chi connectivity index (χ0) is 17.3. The minimum atomic E-state index is -0.753. The third-order valence-corrected chi connectivity index (χ3v) is 4.07. The van der Waals surface area contributed by atoms with E-state index in [0.29, 0.717) is 0 Å². The molecule has 3 rings (SSSR count). The summed E-state index contributed by atoms with van der Waals surface area (Å²) >= 11 is 1.11. The van der Waals surface area contributed by atoms with E-state index < -0.39 is 23.3 Å². The Balaban J connectivity index is 1.96. The van der Waals surface area contributed by atoms with Gasteiger partial charge >= 0.3 is 11.6 Å². The van der Waals surface area contributed by atoms with E-state index in [2.05, 4.69) is 10.1 Å². The highest BCUT2D eigenvalue weighted by Gasteiger charge is 2.18. The third-order valence-electron chi connectivity index (χ3n) is 3.24. The molecule has 0 aliphatic carbocycles. The fraction of sp³-hybridized carbons (Fsp3) is 0.0625. The van der Waals surface area contributed by atoms with Gasteiger partial charge in [-0.1, -0.05) is 0 Å². The average Bonchev–Trinajstić information content (AvgIpc) is 3.01. The molecule has 0 spiro atoms. The molecular weight excluding hydrogens is 337 g/mol. The van der Waals surface area contributed by atoms with E-state index in [1.807, 2.05) is 0 Å². The van der Waals surface area contributed by atoms with Gasteiger partial charge in [-0.05, 0) is 41.1 Å². The van der Waals surface area contributed by atoms with E-state index >= 15 is 0 Å². The molecule has 0 atom stereocenters. The summed E-state index contributed by atoms with van der Waals surface area (Å²) in [5.41, 5.74) is -0.568. The quantitative estimate of drug-likeness (QED) is 0.736. The van der Waals surface area contributed by atoms with Crippen molar-refractivity contribution in [3.8, 4) is 0 Å². The molecule has 1 aromatic carbocycles. The second-order valence-electron chi connectivity index (χ2n) is 4.74. The van der Waals surface area contributed by atoms with E-state index in [4.69, 9.17) is 4.42 Å². The number of rotatable bonds is 3. The normalized spacial score (nSPS) is 10.6. The molecule has 0 fully saturated rings. The first kappa shape index (κ1) is 15.9. The average molecular weight is 347 g/mol. The van der Waals surface area contributed by atoms with Gasteiger partial charge < -0.3 is 14.5 Å². The number of carbonyl (C=O) groups excluding carboxylic acids is 2. The van der Waals surface area contributed by atoms with E-state index in [1.165, 1.54) is 25.3 Å². The lowest BCUT2D eigenvalue weighted by Gasteiger charge is -2.05. The Morgan fingerprint density at radius 2 is 2.04 bits per heavy atom. The molecular formula is C16H10FNO5S. The molecule has 24 heavy (non-hydrogen) atoms. The Morgan fingerprint density at radius 1 is 1.25 bits per heavy atom. The highest BCUT2D eigenvalue weighted by Crippen LogP contribution is 2.25. The molecule has 6 nitrogen and oxygen atoms in total. The van der Waals surface area contributed by atoms with E-state index in [1.54, 1.807) is 5.38 Å². The van der Waals surface area contributed by atoms with Gasteiger partial charge in [0.25, 0.3) is 5.91 Å². The Bertz CT molecular complexity index is 1010. The van der Waals surface area contributed by atoms with Crippen LogP contribution in [0.1, 0.15) is 20.9 Å². The van der Waals surface area contributed by atoms with Gasteiger partial charge in [-0.25, -0.2) is 14.0 Å². The van der Waals surface area contributed by atoms with Crippen molar-refractivity contribution >= 4 is 39.0 Å². The number of anilines is 1. The summed E-state index contributed by atoms with van der Waals surface area (Å²) in [5, 5.41) is 4.76. The lowest BCUT2D eigenvalue weighted by atomic mass is 10.1. The first-order chi connectivity index (χ1) is 11.5. The smallest absolute Gasteiger partial charge is 0.344 e. The second kappa shape index (κ2) is 6.25. The van der Waals surface area contributed by atoms with Crippen LogP contribution < -0.4 is 10.9 Å². The van der Waals surface area contributed by atoms with Crippen LogP contribution in [0.4, 0.5) is 9.39 Å². The van der Waals surface area contributed by atoms with Crippen molar-refractivity contribution in [2.24, 2.45) is 0 Å². The Labute approximate surface area is 138 Å². The van der Waals surface area contributed by atoms with Crippen LogP contribution in [0.25, 0.3) is 10.8 Å². The maximum absolute atomic E-state index is 13.3. The molecule has 0 aliphatic heterocycles. The van der Waals surface area contributed by atoms with Crippen molar-refractivity contribution in [3.05, 3.63) is 63.3 Å². The van der Waals surface area contributed by atoms with Gasteiger partial charge in [-0.15, -0.1) is 11.3 Å². The number of ether oxygens (including phenoxy) is 1. The molecule has 1 amide bonds. The molecule has 8 heteroatoms. The predicted octanol–water partition coefficient (Wildman–Crippen LogP) is 3.03. The fourth-order valence-corrected chi connectivity index (χ4v) is 2.89. The molecule has 2 aromatic heterocycles. The summed E-state index contributed by atoms with van der Waals surface area (Å²) in [5.74, 6) is -2.16. The van der Waals surface area contributed by atoms with Gasteiger partial charge in [0.1, 0.15) is 10.8 Å². The monoisotopic (exact) mass is 347 g/mol. The first-order valence-corrected chi connectivity index (χ1v) is 7.58. The number of esters is 1. The van der Waals surface area contributed by atoms with Crippen molar-refractivity contribution < 1.29 is 23.1 Å². The summed E-state index contributed by atoms with van der Waals surface area (Å²) in [4.78, 5) is 35.8. The SMILES string of the molecule is COC(=O)c1ccsc1NC(=O)c1cc2cc(F)ccc2c(=O)o1. The Morgan fingerprint density at radius 3 is 2.79 bits per heavy atom. The molecule has 0 bridgehead atoms. The predicted molar refractivity (Wildman–Crippen MR) is 86.1 cm³/mol. The topological polar surface area (TPSA) is 85.6 Å². The molecule has 0 saturated carbocycles. The van der Waals surface area contributed by atoms with Gasteiger partial charge in [0.05, 0.1) is 18.1 Å². The van der Waals surface area contributed by atoms with Crippen LogP contribution in [0, 0.1) is 5.82 Å². The van der Waals surface area contributed by atoms with Crippen molar-refractivity contribution in [2.75, 3.05) is 12.4 Å². The van der Waals surface area contributed by atoms with Gasteiger partial charge in [0, 0.05) is 0 Å². The molecule has 2 heterocycles. The minimum absolute atomic E-state index is 0.166. The van der Waals surface area contributed by atoms with Crippen molar-refractivity contribution in [1.29, 1.82) is 0 Å². The number of thiophene rings is 1. The van der Waals surface area contributed by atoms with Crippen LogP contribution in [0.2, 0.25) is 0 Å². The third kappa shape index (κ3) is 2.91. The molecule has 0 unspecified atom stereocenters. The van der Waals surface area contributed by atoms with E-state index in [-0.39, 0.29) is 27.1 Å². The number of hydrogen-bond donors (Lipinski definition) is 1. The minimum Gasteiger partial charge on any atom is -0.465 e. The van der Waals surface area contributed by atoms with Crippen molar-refractivity contribution in [1.82, 2.24) is 0 Å². The number of fused-ring (bicyclic) bond motifs is 1. The first-order valence-electron chi connectivity index (χ1n) is 6.70. The van der Waals surface area contributed by atoms with E-state index in [9.17, 15) is 18.8 Å². The summed E-state index contributed by atoms with van der Waals surface area (Å²) in [7, 11) is 1.22. The van der Waals surface area contributed by atoms with Crippen molar-refractivity contribution in [2.45, 2.75) is 0 Å². The van der Waals surface area contributed by atoms with Gasteiger partial charge in [-0.2, -0.15) is 0 Å². The zero-order valence-electron chi connectivity index (χ0n) is 12.3. The summed E-state index contributed by atoms with van der Waals surface area (Å²) in [6.07, 6.45) is 0. The standard InChI is InChI=1S/C16H10FNO5S/c1-22-15(20)11-4-5-24-14(11)18-13(19)12-7-8-6-9(17)2-3-10(8)16(21)23-12/h2-7H,1H3,(H,18,19). The van der Waals surface area contributed by atoms with Crippen LogP contribution in [0.5, 0.6) is 0 Å². The molecule has 0 aliphatic rings. The van der Waals surface area contributed by atoms with Gasteiger partial charge in [0.2, 0.25) is 0 Å². The number of amides is 1. The number of halogens is 1. The number of nitrogens with one attached hydrogen (secondary N) is 1. The van der Waals surface area contributed by atoms with Crippen LogP contribution in [0.15, 0.2) is 44.9 Å². The maximum Gasteiger partial charge on any atom is 0.344 e. The molecule has 3 aromatic rings. The van der Waals surface area contributed by atoms with Crippen molar-refractivity contribution in [3.63, 3.8) is 0 Å². The molecule has 0 saturated heterocycles. The second-order valence-corrected chi connectivity index (χ2v) is 5.65. The summed E-state index contributed by atoms with van der Waals surface area (Å²) < 4.78 is 22.9. The molecule has 122 valence electrons. The maximum atomic E-state index is 13.3. The highest BCUT2D eigenvalue weighted by atomic mass is 32.1. The largest absolute Gasteiger partial charge is 0.465 e. The van der Waals surface area contributed by atoms with Crippen LogP contribution in [0.3, 0.4) is 0 Å². The number of benzene rings is 1. The lowest BCUT2D eigenvalue weighted by Crippen LogP contribution is -2.16. The zero-order valence-corrected chi connectivity index (χ0v) is 13.1. The number of methoxy groups -OCH3 is 1. The molecule has 1 N–H and O–H groups in total. The Kier molecular flexibility index (Phi) is 4.13. The lowest BCUT2D eigenvalue weighted by molar-refractivity contribution is 0.0602. The van der Waals surface area contributed by atoms with Gasteiger partial charge in [0.15, 0.2) is 5.76 Å². The highest BCUT2D eigenvalue weighted by molar-refractivity contribution is 7.14. The van der Waals surface area contributed by atoms with E-state index in [0.717, 1.165) is 23.5 Å². The molecule has 0 radical (unpaired) electrons. The van der Waals surface area contributed by atoms with Crippen LogP contribution in [-0.2, 0) is 4.74 Å². The Hall–Kier alpha value is -3.00. The summed E-state index contributed by atoms with van der Waals surface area (Å²) in [6.45, 7) is 0.